The first-order chi connectivity index (χ1) is 12.6. The van der Waals surface area contributed by atoms with Crippen molar-refractivity contribution in [2.45, 2.75) is 59.1 Å². The van der Waals surface area contributed by atoms with Gasteiger partial charge in [-0.3, -0.25) is 14.9 Å². The minimum atomic E-state index is -0.506. The van der Waals surface area contributed by atoms with E-state index in [0.29, 0.717) is 17.5 Å². The summed E-state index contributed by atoms with van der Waals surface area (Å²) in [5, 5.41) is 15.4. The van der Waals surface area contributed by atoms with Crippen molar-refractivity contribution in [3.05, 3.63) is 61.0 Å². The lowest BCUT2D eigenvalue weighted by atomic mass is 10.0. The Morgan fingerprint density at radius 3 is 2.63 bits per heavy atom. The van der Waals surface area contributed by atoms with Crippen molar-refractivity contribution < 1.29 is 9.66 Å². The van der Waals surface area contributed by atoms with Gasteiger partial charge in [0.2, 0.25) is 0 Å². The van der Waals surface area contributed by atoms with Crippen molar-refractivity contribution in [2.24, 2.45) is 0 Å². The van der Waals surface area contributed by atoms with Gasteiger partial charge in [-0.25, -0.2) is 4.68 Å². The summed E-state index contributed by atoms with van der Waals surface area (Å²) >= 11 is 6.13. The zero-order valence-electron chi connectivity index (χ0n) is 16.0. The minimum absolute atomic E-state index is 0.0509. The van der Waals surface area contributed by atoms with Crippen LogP contribution in [0.4, 0.5) is 5.69 Å². The highest BCUT2D eigenvalue weighted by Crippen LogP contribution is 2.25. The van der Waals surface area contributed by atoms with Crippen molar-refractivity contribution in [3.63, 3.8) is 0 Å². The van der Waals surface area contributed by atoms with Gasteiger partial charge < -0.3 is 4.74 Å². The van der Waals surface area contributed by atoms with Crippen LogP contribution in [0, 0.1) is 10.1 Å². The Kier molecular flexibility index (Phi) is 6.59. The van der Waals surface area contributed by atoms with E-state index in [0.717, 1.165) is 12.8 Å². The van der Waals surface area contributed by atoms with Gasteiger partial charge >= 0.3 is 0 Å². The summed E-state index contributed by atoms with van der Waals surface area (Å²) in [5.74, 6) is 0.153. The van der Waals surface area contributed by atoms with E-state index in [9.17, 15) is 14.9 Å². The summed E-state index contributed by atoms with van der Waals surface area (Å²) in [6.07, 6.45) is 3.91. The molecular formula is C19H24ClN3O4. The number of nitro benzene ring substituents is 1. The molecule has 1 heterocycles. The molecule has 0 spiro atoms. The van der Waals surface area contributed by atoms with Crippen LogP contribution in [0.3, 0.4) is 0 Å². The largest absolute Gasteiger partial charge is 0.485 e. The molecule has 1 aromatic heterocycles. The van der Waals surface area contributed by atoms with E-state index in [1.54, 1.807) is 12.1 Å². The van der Waals surface area contributed by atoms with E-state index in [1.807, 2.05) is 27.7 Å². The minimum Gasteiger partial charge on any atom is -0.485 e. The Morgan fingerprint density at radius 2 is 2.04 bits per heavy atom. The number of unbranched alkanes of at least 4 members (excludes halogenated alkanes) is 1. The van der Waals surface area contributed by atoms with Crippen molar-refractivity contribution >= 4 is 17.3 Å². The Hall–Kier alpha value is -2.41. The molecule has 1 aromatic carbocycles. The van der Waals surface area contributed by atoms with Crippen molar-refractivity contribution in [1.29, 1.82) is 0 Å². The number of aryl methyl sites for hydroxylation is 1. The zero-order valence-corrected chi connectivity index (χ0v) is 16.7. The van der Waals surface area contributed by atoms with E-state index < -0.39 is 11.1 Å². The fourth-order valence-electron chi connectivity index (χ4n) is 2.61. The van der Waals surface area contributed by atoms with E-state index in [1.165, 1.54) is 16.9 Å². The molecule has 0 N–H and O–H groups in total. The fourth-order valence-corrected chi connectivity index (χ4v) is 2.79. The predicted octanol–water partition coefficient (Wildman–Crippen LogP) is 4.48. The van der Waals surface area contributed by atoms with Gasteiger partial charge in [-0.1, -0.05) is 37.1 Å². The lowest BCUT2D eigenvalue weighted by Gasteiger charge is -2.21. The molecule has 0 amide bonds. The van der Waals surface area contributed by atoms with Gasteiger partial charge in [0.15, 0.2) is 10.8 Å². The van der Waals surface area contributed by atoms with Crippen LogP contribution in [0.25, 0.3) is 0 Å². The van der Waals surface area contributed by atoms with Crippen LogP contribution in [0.1, 0.15) is 51.7 Å². The molecule has 27 heavy (non-hydrogen) atoms. The lowest BCUT2D eigenvalue weighted by Crippen LogP contribution is -2.36. The first kappa shape index (κ1) is 20.9. The molecule has 2 aromatic rings. The Morgan fingerprint density at radius 1 is 1.33 bits per heavy atom. The molecule has 0 radical (unpaired) electrons. The second-order valence-corrected chi connectivity index (χ2v) is 7.70. The average Bonchev–Trinajstić information content (AvgIpc) is 2.60. The van der Waals surface area contributed by atoms with E-state index in [-0.39, 0.29) is 28.0 Å². The van der Waals surface area contributed by atoms with Crippen LogP contribution in [0.2, 0.25) is 5.02 Å². The number of hydrogen-bond donors (Lipinski definition) is 0. The summed E-state index contributed by atoms with van der Waals surface area (Å²) in [6, 6.07) is 5.04. The number of hydrogen-bond acceptors (Lipinski definition) is 5. The topological polar surface area (TPSA) is 87.3 Å². The summed E-state index contributed by atoms with van der Waals surface area (Å²) in [4.78, 5) is 23.3. The normalized spacial score (nSPS) is 11.4. The number of rotatable bonds is 7. The monoisotopic (exact) mass is 393 g/mol. The maximum atomic E-state index is 12.3. The third-order valence-corrected chi connectivity index (χ3v) is 4.41. The molecule has 0 aliphatic heterocycles. The maximum Gasteiger partial charge on any atom is 0.289 e. The van der Waals surface area contributed by atoms with Gasteiger partial charge in [0.05, 0.1) is 16.7 Å². The molecule has 0 bridgehead atoms. The highest BCUT2D eigenvalue weighted by molar-refractivity contribution is 6.31. The highest BCUT2D eigenvalue weighted by atomic mass is 35.5. The summed E-state index contributed by atoms with van der Waals surface area (Å²) in [5.41, 5.74) is 0.462. The quantitative estimate of drug-likeness (QED) is 0.511. The Bertz CT molecular complexity index is 887. The standard InChI is InChI=1S/C19H24ClN3O4/c1-5-6-7-14-9-8-13(10-15(14)23(25)26)12-27-16-11-21-22(19(2,3)4)18(24)17(16)20/h8-11H,5-7,12H2,1-4H3. The van der Waals surface area contributed by atoms with Gasteiger partial charge in [-0.15, -0.1) is 0 Å². The van der Waals surface area contributed by atoms with Crippen molar-refractivity contribution in [2.75, 3.05) is 0 Å². The fraction of sp³-hybridized carbons (Fsp3) is 0.474. The predicted molar refractivity (Wildman–Crippen MR) is 105 cm³/mol. The van der Waals surface area contributed by atoms with E-state index in [4.69, 9.17) is 16.3 Å². The first-order valence-corrected chi connectivity index (χ1v) is 9.20. The summed E-state index contributed by atoms with van der Waals surface area (Å²) < 4.78 is 6.88. The number of benzene rings is 1. The number of nitrogens with zero attached hydrogens (tertiary/aromatic N) is 3. The maximum absolute atomic E-state index is 12.3. The molecule has 0 fully saturated rings. The van der Waals surface area contributed by atoms with Crippen LogP contribution in [0.15, 0.2) is 29.2 Å². The third kappa shape index (κ3) is 5.07. The van der Waals surface area contributed by atoms with Gasteiger partial charge in [-0.05, 0) is 39.2 Å². The SMILES string of the molecule is CCCCc1ccc(COc2cnn(C(C)(C)C)c(=O)c2Cl)cc1[N+](=O)[O-]. The number of aromatic nitrogens is 2. The molecule has 8 heteroatoms. The van der Waals surface area contributed by atoms with Crippen LogP contribution < -0.4 is 10.3 Å². The van der Waals surface area contributed by atoms with E-state index in [2.05, 4.69) is 5.10 Å². The van der Waals surface area contributed by atoms with Crippen molar-refractivity contribution in [3.8, 4) is 5.75 Å². The molecule has 7 nitrogen and oxygen atoms in total. The molecule has 146 valence electrons. The smallest absolute Gasteiger partial charge is 0.289 e. The molecule has 0 aliphatic carbocycles. The van der Waals surface area contributed by atoms with Gasteiger partial charge in [0.1, 0.15) is 6.61 Å². The highest BCUT2D eigenvalue weighted by Gasteiger charge is 2.20. The average molecular weight is 394 g/mol. The summed E-state index contributed by atoms with van der Waals surface area (Å²) in [7, 11) is 0. The van der Waals surface area contributed by atoms with Gasteiger partial charge in [-0.2, -0.15) is 5.10 Å². The Balaban J connectivity index is 2.22. The second-order valence-electron chi connectivity index (χ2n) is 7.32. The van der Waals surface area contributed by atoms with Gasteiger partial charge in [0, 0.05) is 11.6 Å². The Labute approximate surface area is 163 Å². The molecule has 0 saturated heterocycles. The summed E-state index contributed by atoms with van der Waals surface area (Å²) in [6.45, 7) is 7.63. The molecule has 0 saturated carbocycles. The van der Waals surface area contributed by atoms with E-state index >= 15 is 0 Å². The molecule has 2 rings (SSSR count). The van der Waals surface area contributed by atoms with Crippen LogP contribution in [0.5, 0.6) is 5.75 Å². The number of nitro groups is 1. The van der Waals surface area contributed by atoms with Crippen LogP contribution in [-0.2, 0) is 18.6 Å². The first-order valence-electron chi connectivity index (χ1n) is 8.82. The number of halogens is 1. The lowest BCUT2D eigenvalue weighted by molar-refractivity contribution is -0.385. The van der Waals surface area contributed by atoms with Crippen molar-refractivity contribution in [1.82, 2.24) is 9.78 Å². The molecular weight excluding hydrogens is 370 g/mol. The molecule has 0 unspecified atom stereocenters. The molecule has 0 aliphatic rings. The number of ether oxygens (including phenoxy) is 1. The third-order valence-electron chi connectivity index (χ3n) is 4.06. The second kappa shape index (κ2) is 8.52. The van der Waals surface area contributed by atoms with Crippen LogP contribution in [-0.4, -0.2) is 14.7 Å². The zero-order chi connectivity index (χ0) is 20.2. The van der Waals surface area contributed by atoms with Crippen LogP contribution >= 0.6 is 11.6 Å². The van der Waals surface area contributed by atoms with Gasteiger partial charge in [0.25, 0.3) is 11.2 Å². The molecule has 0 atom stereocenters.